The van der Waals surface area contributed by atoms with Gasteiger partial charge in [0.15, 0.2) is 0 Å². The molecule has 1 aromatic heterocycles. The summed E-state index contributed by atoms with van der Waals surface area (Å²) >= 11 is 1.09. The second-order valence-corrected chi connectivity index (χ2v) is 10.0. The molecule has 0 atom stereocenters. The molecule has 2 N–H and O–H groups in total. The fourth-order valence-corrected chi connectivity index (χ4v) is 6.22. The van der Waals surface area contributed by atoms with Crippen molar-refractivity contribution in [1.82, 2.24) is 4.31 Å². The molecule has 4 rings (SSSR count). The first-order valence-electron chi connectivity index (χ1n) is 9.68. The number of thiophene rings is 1. The first kappa shape index (κ1) is 21.2. The minimum atomic E-state index is -3.81. The third kappa shape index (κ3) is 4.53. The summed E-state index contributed by atoms with van der Waals surface area (Å²) in [5.41, 5.74) is 3.25. The highest BCUT2D eigenvalue weighted by Crippen LogP contribution is 2.30. The van der Waals surface area contributed by atoms with E-state index in [0.717, 1.165) is 22.5 Å². The van der Waals surface area contributed by atoms with Crippen LogP contribution >= 0.6 is 11.3 Å². The van der Waals surface area contributed by atoms with E-state index in [1.165, 1.54) is 17.3 Å². The number of hydrogen-bond donors (Lipinski definition) is 2. The van der Waals surface area contributed by atoms with E-state index in [0.29, 0.717) is 30.9 Å². The molecule has 0 saturated heterocycles. The predicted molar refractivity (Wildman–Crippen MR) is 121 cm³/mol. The first-order valence-corrected chi connectivity index (χ1v) is 12.0. The Labute approximate surface area is 184 Å². The summed E-state index contributed by atoms with van der Waals surface area (Å²) < 4.78 is 28.0. The summed E-state index contributed by atoms with van der Waals surface area (Å²) in [6, 6.07) is 15.9. The molecule has 160 valence electrons. The molecule has 1 aliphatic rings. The second kappa shape index (κ2) is 8.62. The standard InChI is InChI=1S/C22H21N3O4S2/c1-15(26)23-18-6-8-19(9-7-18)24-22(27)21-20(11-13-30-21)31(28,29)25-12-10-16-4-2-3-5-17(16)14-25/h2-9,11,13H,10,12,14H2,1H3,(H,23,26)(H,24,27). The zero-order chi connectivity index (χ0) is 22.0. The van der Waals surface area contributed by atoms with Crippen molar-refractivity contribution < 1.29 is 18.0 Å². The van der Waals surface area contributed by atoms with Crippen LogP contribution in [-0.4, -0.2) is 31.1 Å². The maximum absolute atomic E-state index is 13.3. The molecular formula is C22H21N3O4S2. The number of sulfonamides is 1. The van der Waals surface area contributed by atoms with Crippen molar-refractivity contribution >= 4 is 44.5 Å². The Kier molecular flexibility index (Phi) is 5.90. The van der Waals surface area contributed by atoms with Crippen LogP contribution in [0.25, 0.3) is 0 Å². The Balaban J connectivity index is 1.53. The van der Waals surface area contributed by atoms with Crippen molar-refractivity contribution in [3.8, 4) is 0 Å². The zero-order valence-corrected chi connectivity index (χ0v) is 18.4. The van der Waals surface area contributed by atoms with Gasteiger partial charge in [-0.2, -0.15) is 4.31 Å². The Morgan fingerprint density at radius 1 is 0.935 bits per heavy atom. The Hall–Kier alpha value is -3.01. The average molecular weight is 456 g/mol. The van der Waals surface area contributed by atoms with E-state index in [1.54, 1.807) is 29.6 Å². The lowest BCUT2D eigenvalue weighted by atomic mass is 10.0. The lowest BCUT2D eigenvalue weighted by Crippen LogP contribution is -2.36. The fraction of sp³-hybridized carbons (Fsp3) is 0.182. The second-order valence-electron chi connectivity index (χ2n) is 7.18. The van der Waals surface area contributed by atoms with Crippen molar-refractivity contribution in [3.63, 3.8) is 0 Å². The van der Waals surface area contributed by atoms with Crippen molar-refractivity contribution in [1.29, 1.82) is 0 Å². The zero-order valence-electron chi connectivity index (χ0n) is 16.8. The molecule has 7 nitrogen and oxygen atoms in total. The van der Waals surface area contributed by atoms with Gasteiger partial charge in [0.25, 0.3) is 5.91 Å². The van der Waals surface area contributed by atoms with Crippen LogP contribution in [0.15, 0.2) is 64.9 Å². The molecule has 3 aromatic rings. The van der Waals surface area contributed by atoms with Crippen LogP contribution in [0.5, 0.6) is 0 Å². The van der Waals surface area contributed by atoms with Crippen LogP contribution in [-0.2, 0) is 27.8 Å². The monoisotopic (exact) mass is 455 g/mol. The topological polar surface area (TPSA) is 95.6 Å². The Bertz CT molecular complexity index is 1230. The van der Waals surface area contributed by atoms with Crippen LogP contribution in [0, 0.1) is 0 Å². The largest absolute Gasteiger partial charge is 0.326 e. The maximum Gasteiger partial charge on any atom is 0.267 e. The van der Waals surface area contributed by atoms with E-state index in [1.807, 2.05) is 24.3 Å². The van der Waals surface area contributed by atoms with E-state index in [-0.39, 0.29) is 15.7 Å². The number of carbonyl (C=O) groups excluding carboxylic acids is 2. The minimum absolute atomic E-state index is 0.0178. The fourth-order valence-electron chi connectivity index (χ4n) is 3.51. The third-order valence-electron chi connectivity index (χ3n) is 5.01. The van der Waals surface area contributed by atoms with Crippen molar-refractivity contribution in [3.05, 3.63) is 76.0 Å². The first-order chi connectivity index (χ1) is 14.8. The van der Waals surface area contributed by atoms with Gasteiger partial charge in [0.05, 0.1) is 0 Å². The van der Waals surface area contributed by atoms with Crippen LogP contribution < -0.4 is 10.6 Å². The van der Waals surface area contributed by atoms with E-state index in [4.69, 9.17) is 0 Å². The molecule has 0 saturated carbocycles. The van der Waals surface area contributed by atoms with Gasteiger partial charge in [0.1, 0.15) is 9.77 Å². The molecule has 0 unspecified atom stereocenters. The lowest BCUT2D eigenvalue weighted by molar-refractivity contribution is -0.114. The van der Waals surface area contributed by atoms with Crippen LogP contribution in [0.1, 0.15) is 27.7 Å². The molecule has 31 heavy (non-hydrogen) atoms. The van der Waals surface area contributed by atoms with Gasteiger partial charge in [-0.15, -0.1) is 11.3 Å². The molecule has 0 aliphatic carbocycles. The van der Waals surface area contributed by atoms with E-state index >= 15 is 0 Å². The van der Waals surface area contributed by atoms with Gasteiger partial charge >= 0.3 is 0 Å². The van der Waals surface area contributed by atoms with Crippen LogP contribution in [0.4, 0.5) is 11.4 Å². The number of carbonyl (C=O) groups is 2. The van der Waals surface area contributed by atoms with Gasteiger partial charge in [-0.1, -0.05) is 24.3 Å². The van der Waals surface area contributed by atoms with Gasteiger partial charge < -0.3 is 10.6 Å². The third-order valence-corrected chi connectivity index (χ3v) is 7.94. The van der Waals surface area contributed by atoms with Gasteiger partial charge in [0, 0.05) is 31.4 Å². The van der Waals surface area contributed by atoms with Gasteiger partial charge in [-0.25, -0.2) is 8.42 Å². The quantitative estimate of drug-likeness (QED) is 0.613. The summed E-state index contributed by atoms with van der Waals surface area (Å²) in [7, 11) is -3.81. The number of hydrogen-bond acceptors (Lipinski definition) is 5. The Morgan fingerprint density at radius 3 is 2.26 bits per heavy atom. The van der Waals surface area contributed by atoms with E-state index < -0.39 is 15.9 Å². The number of amides is 2. The number of nitrogens with zero attached hydrogens (tertiary/aromatic N) is 1. The lowest BCUT2D eigenvalue weighted by Gasteiger charge is -2.28. The number of nitrogens with one attached hydrogen (secondary N) is 2. The summed E-state index contributed by atoms with van der Waals surface area (Å²) in [6.07, 6.45) is 0.641. The molecule has 0 spiro atoms. The SMILES string of the molecule is CC(=O)Nc1ccc(NC(=O)c2sccc2S(=O)(=O)N2CCc3ccccc3C2)cc1. The van der Waals surface area contributed by atoms with Crippen LogP contribution in [0.2, 0.25) is 0 Å². The highest BCUT2D eigenvalue weighted by atomic mass is 32.2. The molecule has 2 amide bonds. The minimum Gasteiger partial charge on any atom is -0.326 e. The normalized spacial score (nSPS) is 14.0. The van der Waals surface area contributed by atoms with E-state index in [9.17, 15) is 18.0 Å². The predicted octanol–water partition coefficient (Wildman–Crippen LogP) is 3.71. The number of anilines is 2. The number of fused-ring (bicyclic) bond motifs is 1. The van der Waals surface area contributed by atoms with Crippen molar-refractivity contribution in [2.75, 3.05) is 17.2 Å². The number of rotatable bonds is 5. The average Bonchev–Trinajstić information content (AvgIpc) is 3.25. The molecule has 2 aromatic carbocycles. The molecule has 2 heterocycles. The highest BCUT2D eigenvalue weighted by Gasteiger charge is 2.32. The van der Waals surface area contributed by atoms with Crippen molar-refractivity contribution in [2.24, 2.45) is 0 Å². The van der Waals surface area contributed by atoms with Gasteiger partial charge in [-0.05, 0) is 53.3 Å². The molecule has 0 radical (unpaired) electrons. The van der Waals surface area contributed by atoms with Gasteiger partial charge in [-0.3, -0.25) is 9.59 Å². The summed E-state index contributed by atoms with van der Waals surface area (Å²) in [6.45, 7) is 2.08. The van der Waals surface area contributed by atoms with Crippen molar-refractivity contribution in [2.45, 2.75) is 24.8 Å². The molecular weight excluding hydrogens is 434 g/mol. The highest BCUT2D eigenvalue weighted by molar-refractivity contribution is 7.89. The van der Waals surface area contributed by atoms with Gasteiger partial charge in [0.2, 0.25) is 15.9 Å². The van der Waals surface area contributed by atoms with E-state index in [2.05, 4.69) is 10.6 Å². The summed E-state index contributed by atoms with van der Waals surface area (Å²) in [4.78, 5) is 24.1. The smallest absolute Gasteiger partial charge is 0.267 e. The molecule has 0 bridgehead atoms. The molecule has 1 aliphatic heterocycles. The molecule has 9 heteroatoms. The molecule has 0 fully saturated rings. The maximum atomic E-state index is 13.3. The number of benzene rings is 2. The Morgan fingerprint density at radius 2 is 1.58 bits per heavy atom. The summed E-state index contributed by atoms with van der Waals surface area (Å²) in [5, 5.41) is 6.99. The van der Waals surface area contributed by atoms with Crippen LogP contribution in [0.3, 0.4) is 0 Å². The summed E-state index contributed by atoms with van der Waals surface area (Å²) in [5.74, 6) is -0.677.